The van der Waals surface area contributed by atoms with Crippen molar-refractivity contribution in [2.75, 3.05) is 4.90 Å². The molecule has 0 aliphatic carbocycles. The molecular formula is C19H18N2O2S. The monoisotopic (exact) mass is 338 g/mol. The molecular weight excluding hydrogens is 320 g/mol. The van der Waals surface area contributed by atoms with Gasteiger partial charge in [0.25, 0.3) is 11.1 Å². The van der Waals surface area contributed by atoms with Gasteiger partial charge in [-0.15, -0.1) is 0 Å². The van der Waals surface area contributed by atoms with Crippen LogP contribution in [-0.4, -0.2) is 16.1 Å². The first-order valence-electron chi connectivity index (χ1n) is 7.96. The summed E-state index contributed by atoms with van der Waals surface area (Å²) in [4.78, 5) is 30.5. The van der Waals surface area contributed by atoms with Crippen LogP contribution in [0.5, 0.6) is 0 Å². The lowest BCUT2D eigenvalue weighted by atomic mass is 10.1. The van der Waals surface area contributed by atoms with E-state index in [1.807, 2.05) is 24.3 Å². The number of rotatable bonds is 5. The molecule has 2 heterocycles. The number of hydrogen-bond acceptors (Lipinski definition) is 4. The summed E-state index contributed by atoms with van der Waals surface area (Å²) in [7, 11) is 0. The summed E-state index contributed by atoms with van der Waals surface area (Å²) in [6, 6.07) is 11.3. The molecule has 0 unspecified atom stereocenters. The van der Waals surface area contributed by atoms with Crippen molar-refractivity contribution in [3.05, 3.63) is 64.8 Å². The van der Waals surface area contributed by atoms with Crippen LogP contribution < -0.4 is 4.90 Å². The zero-order valence-electron chi connectivity index (χ0n) is 13.4. The number of carbonyl (C=O) groups is 2. The fraction of sp³-hybridized carbons (Fsp3) is 0.211. The molecule has 0 radical (unpaired) electrons. The SMILES string of the molecule is CCCCc1ccc(N2C(=O)S/C(=C\c3ccncc3)C2=O)cc1. The van der Waals surface area contributed by atoms with Crippen molar-refractivity contribution < 1.29 is 9.59 Å². The molecule has 122 valence electrons. The van der Waals surface area contributed by atoms with Crippen LogP contribution in [0, 0.1) is 0 Å². The summed E-state index contributed by atoms with van der Waals surface area (Å²) in [5, 5.41) is -0.262. The molecule has 24 heavy (non-hydrogen) atoms. The number of aryl methyl sites for hydroxylation is 1. The Kier molecular flexibility index (Phi) is 5.11. The molecule has 0 atom stereocenters. The Hall–Kier alpha value is -2.40. The van der Waals surface area contributed by atoms with E-state index in [-0.39, 0.29) is 11.1 Å². The largest absolute Gasteiger partial charge is 0.298 e. The van der Waals surface area contributed by atoms with Crippen LogP contribution in [0.25, 0.3) is 6.08 Å². The summed E-state index contributed by atoms with van der Waals surface area (Å²) in [6.07, 6.45) is 8.33. The molecule has 1 aromatic carbocycles. The van der Waals surface area contributed by atoms with Gasteiger partial charge in [-0.2, -0.15) is 0 Å². The smallest absolute Gasteiger partial charge is 0.268 e. The van der Waals surface area contributed by atoms with Gasteiger partial charge < -0.3 is 0 Å². The first-order valence-corrected chi connectivity index (χ1v) is 8.77. The van der Waals surface area contributed by atoms with Gasteiger partial charge in [-0.3, -0.25) is 14.6 Å². The van der Waals surface area contributed by atoms with E-state index in [0.29, 0.717) is 10.6 Å². The fourth-order valence-corrected chi connectivity index (χ4v) is 3.34. The van der Waals surface area contributed by atoms with Crippen molar-refractivity contribution in [2.24, 2.45) is 0 Å². The lowest BCUT2D eigenvalue weighted by Crippen LogP contribution is -2.27. The lowest BCUT2D eigenvalue weighted by molar-refractivity contribution is -0.113. The summed E-state index contributed by atoms with van der Waals surface area (Å²) in [5.41, 5.74) is 2.70. The number of hydrogen-bond donors (Lipinski definition) is 0. The van der Waals surface area contributed by atoms with E-state index in [4.69, 9.17) is 0 Å². The summed E-state index contributed by atoms with van der Waals surface area (Å²) in [5.74, 6) is -0.275. The van der Waals surface area contributed by atoms with Gasteiger partial charge in [0.2, 0.25) is 0 Å². The van der Waals surface area contributed by atoms with E-state index in [1.54, 1.807) is 30.6 Å². The molecule has 1 fully saturated rings. The first kappa shape index (κ1) is 16.5. The standard InChI is InChI=1S/C19H18N2O2S/c1-2-3-4-14-5-7-16(8-6-14)21-18(22)17(24-19(21)23)13-15-9-11-20-12-10-15/h5-13H,2-4H2,1H3/b17-13-. The van der Waals surface area contributed by atoms with Gasteiger partial charge in [-0.1, -0.05) is 25.5 Å². The molecule has 5 heteroatoms. The van der Waals surface area contributed by atoms with Crippen molar-refractivity contribution in [3.8, 4) is 0 Å². The molecule has 0 N–H and O–H groups in total. The highest BCUT2D eigenvalue weighted by Crippen LogP contribution is 2.35. The predicted molar refractivity (Wildman–Crippen MR) is 97.7 cm³/mol. The number of carbonyl (C=O) groups excluding carboxylic acids is 2. The van der Waals surface area contributed by atoms with E-state index in [2.05, 4.69) is 11.9 Å². The van der Waals surface area contributed by atoms with Gasteiger partial charge in [-0.05, 0) is 66.1 Å². The van der Waals surface area contributed by atoms with E-state index in [9.17, 15) is 9.59 Å². The number of pyridine rings is 1. The number of nitrogens with zero attached hydrogens (tertiary/aromatic N) is 2. The third kappa shape index (κ3) is 3.57. The Morgan fingerprint density at radius 1 is 1.08 bits per heavy atom. The maximum atomic E-state index is 12.6. The molecule has 2 aromatic rings. The molecule has 1 aliphatic heterocycles. The average Bonchev–Trinajstić information content (AvgIpc) is 2.88. The van der Waals surface area contributed by atoms with Crippen molar-refractivity contribution in [1.82, 2.24) is 4.98 Å². The van der Waals surface area contributed by atoms with Crippen molar-refractivity contribution in [2.45, 2.75) is 26.2 Å². The number of amides is 2. The fourth-order valence-electron chi connectivity index (χ4n) is 2.49. The van der Waals surface area contributed by atoms with Crippen LogP contribution >= 0.6 is 11.8 Å². The minimum atomic E-state index is -0.275. The van der Waals surface area contributed by atoms with Gasteiger partial charge in [0.15, 0.2) is 0 Å². The quantitative estimate of drug-likeness (QED) is 0.744. The van der Waals surface area contributed by atoms with E-state index < -0.39 is 0 Å². The van der Waals surface area contributed by atoms with Crippen LogP contribution in [0.3, 0.4) is 0 Å². The number of thioether (sulfide) groups is 1. The van der Waals surface area contributed by atoms with Gasteiger partial charge >= 0.3 is 0 Å². The minimum Gasteiger partial charge on any atom is -0.268 e. The molecule has 4 nitrogen and oxygen atoms in total. The van der Waals surface area contributed by atoms with Crippen LogP contribution in [0.1, 0.15) is 30.9 Å². The van der Waals surface area contributed by atoms with Gasteiger partial charge in [0, 0.05) is 12.4 Å². The van der Waals surface area contributed by atoms with E-state index >= 15 is 0 Å². The highest BCUT2D eigenvalue weighted by molar-refractivity contribution is 8.19. The molecule has 2 amide bonds. The normalized spacial score (nSPS) is 16.2. The van der Waals surface area contributed by atoms with Crippen molar-refractivity contribution in [3.63, 3.8) is 0 Å². The Bertz CT molecular complexity index is 770. The van der Waals surface area contributed by atoms with Crippen LogP contribution in [0.4, 0.5) is 10.5 Å². The number of benzene rings is 1. The minimum absolute atomic E-state index is 0.262. The highest BCUT2D eigenvalue weighted by Gasteiger charge is 2.36. The summed E-state index contributed by atoms with van der Waals surface area (Å²) < 4.78 is 0. The Morgan fingerprint density at radius 2 is 1.79 bits per heavy atom. The molecule has 1 saturated heterocycles. The van der Waals surface area contributed by atoms with Crippen LogP contribution in [0.15, 0.2) is 53.7 Å². The second-order valence-corrected chi connectivity index (χ2v) is 6.56. The molecule has 1 aromatic heterocycles. The zero-order chi connectivity index (χ0) is 16.9. The number of imide groups is 1. The predicted octanol–water partition coefficient (Wildman–Crippen LogP) is 4.67. The molecule has 0 bridgehead atoms. The second-order valence-electron chi connectivity index (χ2n) is 5.57. The lowest BCUT2D eigenvalue weighted by Gasteiger charge is -2.13. The zero-order valence-corrected chi connectivity index (χ0v) is 14.3. The maximum absolute atomic E-state index is 12.6. The molecule has 3 rings (SSSR count). The topological polar surface area (TPSA) is 50.3 Å². The maximum Gasteiger partial charge on any atom is 0.298 e. The average molecular weight is 338 g/mol. The number of anilines is 1. The number of aromatic nitrogens is 1. The van der Waals surface area contributed by atoms with E-state index in [1.165, 1.54) is 10.5 Å². The van der Waals surface area contributed by atoms with Gasteiger partial charge in [0.1, 0.15) is 0 Å². The molecule has 0 spiro atoms. The van der Waals surface area contributed by atoms with Crippen LogP contribution in [-0.2, 0) is 11.2 Å². The first-order chi connectivity index (χ1) is 11.7. The Morgan fingerprint density at radius 3 is 2.46 bits per heavy atom. The van der Waals surface area contributed by atoms with Crippen molar-refractivity contribution in [1.29, 1.82) is 0 Å². The summed E-state index contributed by atoms with van der Waals surface area (Å²) in [6.45, 7) is 2.16. The second kappa shape index (κ2) is 7.45. The third-order valence-electron chi connectivity index (χ3n) is 3.81. The van der Waals surface area contributed by atoms with E-state index in [0.717, 1.165) is 36.6 Å². The Balaban J connectivity index is 1.80. The van der Waals surface area contributed by atoms with Crippen LogP contribution in [0.2, 0.25) is 0 Å². The highest BCUT2D eigenvalue weighted by atomic mass is 32.2. The molecule has 1 aliphatic rings. The van der Waals surface area contributed by atoms with Gasteiger partial charge in [-0.25, -0.2) is 4.90 Å². The Labute approximate surface area is 145 Å². The number of unbranched alkanes of at least 4 members (excludes halogenated alkanes) is 1. The van der Waals surface area contributed by atoms with Crippen molar-refractivity contribution >= 4 is 34.7 Å². The molecule has 0 saturated carbocycles. The summed E-state index contributed by atoms with van der Waals surface area (Å²) >= 11 is 0.968. The third-order valence-corrected chi connectivity index (χ3v) is 4.68. The van der Waals surface area contributed by atoms with Gasteiger partial charge in [0.05, 0.1) is 10.6 Å².